The third-order valence-corrected chi connectivity index (χ3v) is 6.20. The lowest BCUT2D eigenvalue weighted by Gasteiger charge is -2.30. The van der Waals surface area contributed by atoms with E-state index in [0.717, 1.165) is 0 Å². The quantitative estimate of drug-likeness (QED) is 0.871. The summed E-state index contributed by atoms with van der Waals surface area (Å²) in [4.78, 5) is 12.5. The molecule has 1 atom stereocenters. The van der Waals surface area contributed by atoms with Crippen molar-refractivity contribution >= 4 is 27.5 Å². The van der Waals surface area contributed by atoms with Crippen LogP contribution < -0.4 is 5.32 Å². The molecule has 3 rings (SSSR count). The van der Waals surface area contributed by atoms with E-state index in [4.69, 9.17) is 0 Å². The number of anilines is 1. The van der Waals surface area contributed by atoms with Gasteiger partial charge < -0.3 is 0 Å². The van der Waals surface area contributed by atoms with Gasteiger partial charge >= 0.3 is 0 Å². The number of sulfonamides is 1. The Kier molecular flexibility index (Phi) is 4.81. The maximum atomic E-state index is 12.5. The summed E-state index contributed by atoms with van der Waals surface area (Å²) in [7, 11) is -3.28. The second-order valence-electron chi connectivity index (χ2n) is 5.95. The largest absolute Gasteiger partial charge is 0.294 e. The lowest BCUT2D eigenvalue weighted by atomic mass is 9.99. The molecule has 2 aromatic rings. The Morgan fingerprint density at radius 3 is 3.00 bits per heavy atom. The molecule has 8 nitrogen and oxygen atoms in total. The highest BCUT2D eigenvalue weighted by Gasteiger charge is 2.32. The van der Waals surface area contributed by atoms with Crippen molar-refractivity contribution in [1.29, 1.82) is 0 Å². The molecule has 0 radical (unpaired) electrons. The summed E-state index contributed by atoms with van der Waals surface area (Å²) in [5, 5.41) is 10.7. The molecule has 1 aliphatic rings. The van der Waals surface area contributed by atoms with Gasteiger partial charge in [-0.1, -0.05) is 13.0 Å². The predicted octanol–water partition coefficient (Wildman–Crippen LogP) is 1.12. The van der Waals surface area contributed by atoms with E-state index < -0.39 is 10.0 Å². The summed E-state index contributed by atoms with van der Waals surface area (Å²) < 4.78 is 27.6. The monoisotopic (exact) mass is 351 g/mol. The Hall–Kier alpha value is -2.00. The molecule has 24 heavy (non-hydrogen) atoms. The summed E-state index contributed by atoms with van der Waals surface area (Å²) in [6.07, 6.45) is 3.69. The molecular formula is C15H21N5O3S. The van der Waals surface area contributed by atoms with Gasteiger partial charge in [-0.15, -0.1) is 10.2 Å². The van der Waals surface area contributed by atoms with Gasteiger partial charge in [0.25, 0.3) is 0 Å². The Labute approximate surface area is 140 Å². The Balaban J connectivity index is 1.71. The SMILES string of the molecule is CCCS(=O)(=O)N1CCC[C@@H](C(=O)Nc2nnc3ccccn23)C1. The lowest BCUT2D eigenvalue weighted by Crippen LogP contribution is -2.44. The standard InChI is InChI=1S/C15H21N5O3S/c1-2-10-24(22,23)19-8-5-6-12(11-19)14(21)16-15-18-17-13-7-3-4-9-20(13)15/h3-4,7,9,12H,2,5-6,8,10-11H2,1H3,(H,16,18,21)/t12-/m1/s1. The highest BCUT2D eigenvalue weighted by atomic mass is 32.2. The van der Waals surface area contributed by atoms with E-state index in [1.807, 2.05) is 19.1 Å². The molecule has 0 aliphatic carbocycles. The number of piperidine rings is 1. The molecule has 1 aliphatic heterocycles. The van der Waals surface area contributed by atoms with Crippen molar-refractivity contribution in [3.63, 3.8) is 0 Å². The number of aromatic nitrogens is 3. The van der Waals surface area contributed by atoms with Crippen LogP contribution in [0.1, 0.15) is 26.2 Å². The lowest BCUT2D eigenvalue weighted by molar-refractivity contribution is -0.120. The van der Waals surface area contributed by atoms with E-state index >= 15 is 0 Å². The van der Waals surface area contributed by atoms with Crippen molar-refractivity contribution in [2.24, 2.45) is 5.92 Å². The van der Waals surface area contributed by atoms with Crippen LogP contribution in [-0.4, -0.2) is 52.1 Å². The molecule has 1 N–H and O–H groups in total. The Morgan fingerprint density at radius 2 is 2.21 bits per heavy atom. The fourth-order valence-electron chi connectivity index (χ4n) is 2.94. The molecule has 1 amide bonds. The number of hydrogen-bond donors (Lipinski definition) is 1. The molecule has 0 bridgehead atoms. The summed E-state index contributed by atoms with van der Waals surface area (Å²) in [5.41, 5.74) is 0.642. The minimum absolute atomic E-state index is 0.121. The van der Waals surface area contributed by atoms with Crippen LogP contribution in [0.15, 0.2) is 24.4 Å². The first-order valence-electron chi connectivity index (χ1n) is 8.09. The fraction of sp³-hybridized carbons (Fsp3) is 0.533. The maximum absolute atomic E-state index is 12.5. The average Bonchev–Trinajstić information content (AvgIpc) is 2.98. The molecule has 0 unspecified atom stereocenters. The van der Waals surface area contributed by atoms with E-state index in [0.29, 0.717) is 37.4 Å². The fourth-order valence-corrected chi connectivity index (χ4v) is 4.52. The third kappa shape index (κ3) is 3.41. The van der Waals surface area contributed by atoms with Crippen LogP contribution in [0.5, 0.6) is 0 Å². The number of nitrogens with zero attached hydrogens (tertiary/aromatic N) is 4. The van der Waals surface area contributed by atoms with Crippen LogP contribution in [0.3, 0.4) is 0 Å². The second kappa shape index (κ2) is 6.86. The number of amides is 1. The van der Waals surface area contributed by atoms with Gasteiger partial charge in [0.15, 0.2) is 5.65 Å². The van der Waals surface area contributed by atoms with Crippen LogP contribution in [-0.2, 0) is 14.8 Å². The molecule has 2 aromatic heterocycles. The number of pyridine rings is 1. The predicted molar refractivity (Wildman–Crippen MR) is 90.0 cm³/mol. The average molecular weight is 351 g/mol. The summed E-state index contributed by atoms with van der Waals surface area (Å²) in [6.45, 7) is 2.55. The Morgan fingerprint density at radius 1 is 1.38 bits per heavy atom. The van der Waals surface area contributed by atoms with Crippen molar-refractivity contribution in [3.8, 4) is 0 Å². The molecule has 0 spiro atoms. The maximum Gasteiger partial charge on any atom is 0.235 e. The molecule has 0 aromatic carbocycles. The molecule has 130 valence electrons. The van der Waals surface area contributed by atoms with E-state index in [-0.39, 0.29) is 24.1 Å². The number of carbonyl (C=O) groups excluding carboxylic acids is 1. The molecular weight excluding hydrogens is 330 g/mol. The van der Waals surface area contributed by atoms with Gasteiger partial charge in [0.2, 0.25) is 21.9 Å². The first kappa shape index (κ1) is 16.8. The number of fused-ring (bicyclic) bond motifs is 1. The molecule has 0 saturated carbocycles. The first-order chi connectivity index (χ1) is 11.5. The topological polar surface area (TPSA) is 96.7 Å². The highest BCUT2D eigenvalue weighted by molar-refractivity contribution is 7.89. The zero-order chi connectivity index (χ0) is 17.2. The van der Waals surface area contributed by atoms with Gasteiger partial charge in [0, 0.05) is 19.3 Å². The smallest absolute Gasteiger partial charge is 0.235 e. The molecule has 3 heterocycles. The number of carbonyl (C=O) groups is 1. The zero-order valence-corrected chi connectivity index (χ0v) is 14.4. The van der Waals surface area contributed by atoms with E-state index in [2.05, 4.69) is 15.5 Å². The van der Waals surface area contributed by atoms with Gasteiger partial charge in [0.1, 0.15) is 0 Å². The van der Waals surface area contributed by atoms with Crippen molar-refractivity contribution in [1.82, 2.24) is 18.9 Å². The van der Waals surface area contributed by atoms with Gasteiger partial charge in [-0.2, -0.15) is 0 Å². The zero-order valence-electron chi connectivity index (χ0n) is 13.6. The van der Waals surface area contributed by atoms with Crippen LogP contribution in [0.4, 0.5) is 5.95 Å². The number of rotatable bonds is 5. The summed E-state index contributed by atoms with van der Waals surface area (Å²) >= 11 is 0. The van der Waals surface area contributed by atoms with Crippen LogP contribution in [0, 0.1) is 5.92 Å². The number of hydrogen-bond acceptors (Lipinski definition) is 5. The highest BCUT2D eigenvalue weighted by Crippen LogP contribution is 2.21. The van der Waals surface area contributed by atoms with E-state index in [9.17, 15) is 13.2 Å². The van der Waals surface area contributed by atoms with Crippen LogP contribution in [0.25, 0.3) is 5.65 Å². The van der Waals surface area contributed by atoms with Crippen LogP contribution >= 0.6 is 0 Å². The Bertz CT molecular complexity index is 833. The second-order valence-corrected chi connectivity index (χ2v) is 8.04. The van der Waals surface area contributed by atoms with E-state index in [1.165, 1.54) is 4.31 Å². The molecule has 1 saturated heterocycles. The van der Waals surface area contributed by atoms with Gasteiger partial charge in [-0.25, -0.2) is 12.7 Å². The first-order valence-corrected chi connectivity index (χ1v) is 9.70. The van der Waals surface area contributed by atoms with Crippen molar-refractivity contribution in [2.75, 3.05) is 24.2 Å². The van der Waals surface area contributed by atoms with E-state index in [1.54, 1.807) is 16.7 Å². The third-order valence-electron chi connectivity index (χ3n) is 4.16. The van der Waals surface area contributed by atoms with Crippen LogP contribution in [0.2, 0.25) is 0 Å². The van der Waals surface area contributed by atoms with Gasteiger partial charge in [0.05, 0.1) is 11.7 Å². The van der Waals surface area contributed by atoms with Crippen molar-refractivity contribution in [2.45, 2.75) is 26.2 Å². The number of nitrogens with one attached hydrogen (secondary N) is 1. The van der Waals surface area contributed by atoms with Gasteiger partial charge in [-0.3, -0.25) is 14.5 Å². The minimum atomic E-state index is -3.28. The van der Waals surface area contributed by atoms with Crippen molar-refractivity contribution in [3.05, 3.63) is 24.4 Å². The summed E-state index contributed by atoms with van der Waals surface area (Å²) in [5.74, 6) is -0.119. The minimum Gasteiger partial charge on any atom is -0.294 e. The van der Waals surface area contributed by atoms with Gasteiger partial charge in [-0.05, 0) is 31.4 Å². The molecule has 1 fully saturated rings. The molecule has 9 heteroatoms. The summed E-state index contributed by atoms with van der Waals surface area (Å²) in [6, 6.07) is 5.46. The normalized spacial score (nSPS) is 19.5. The van der Waals surface area contributed by atoms with Crippen molar-refractivity contribution < 1.29 is 13.2 Å².